The van der Waals surface area contributed by atoms with Gasteiger partial charge in [-0.15, -0.1) is 0 Å². The average Bonchev–Trinajstić information content (AvgIpc) is 3.33. The number of nitrogens with one attached hydrogen (secondary N) is 1. The zero-order chi connectivity index (χ0) is 22.0. The summed E-state index contributed by atoms with van der Waals surface area (Å²) in [6, 6.07) is 13.0. The van der Waals surface area contributed by atoms with E-state index in [1.165, 1.54) is 12.1 Å². The first-order valence-corrected chi connectivity index (χ1v) is 10.7. The number of carbonyl (C=O) groups is 2. The normalized spacial score (nSPS) is 14.4. The maximum atomic E-state index is 12.5. The molecule has 0 bridgehead atoms. The summed E-state index contributed by atoms with van der Waals surface area (Å²) in [5.41, 5.74) is 0.833. The van der Waals surface area contributed by atoms with Crippen LogP contribution in [0.5, 0.6) is 5.75 Å². The molecule has 0 fully saturated rings. The lowest BCUT2D eigenvalue weighted by molar-refractivity contribution is -0.121. The minimum absolute atomic E-state index is 0.0249. The first-order chi connectivity index (χ1) is 14.9. The van der Waals surface area contributed by atoms with Crippen LogP contribution in [0, 0.1) is 0 Å². The monoisotopic (exact) mass is 442 g/mol. The van der Waals surface area contributed by atoms with Crippen LogP contribution in [0.2, 0.25) is 0 Å². The molecular weight excluding hydrogens is 424 g/mol. The van der Waals surface area contributed by atoms with Crippen molar-refractivity contribution in [2.45, 2.75) is 17.9 Å². The molecule has 1 aromatic heterocycles. The molecule has 0 atom stereocenters. The lowest BCUT2D eigenvalue weighted by Gasteiger charge is -2.14. The lowest BCUT2D eigenvalue weighted by atomic mass is 10.2. The lowest BCUT2D eigenvalue weighted by Crippen LogP contribution is -2.34. The van der Waals surface area contributed by atoms with Crippen LogP contribution in [0.25, 0.3) is 11.4 Å². The van der Waals surface area contributed by atoms with Crippen LogP contribution in [0.4, 0.5) is 0 Å². The van der Waals surface area contributed by atoms with Gasteiger partial charge in [0.2, 0.25) is 17.6 Å². The molecule has 4 rings (SSSR count). The van der Waals surface area contributed by atoms with Crippen molar-refractivity contribution in [3.05, 3.63) is 60.0 Å². The first kappa shape index (κ1) is 20.5. The van der Waals surface area contributed by atoms with Crippen molar-refractivity contribution in [2.24, 2.45) is 0 Å². The van der Waals surface area contributed by atoms with E-state index in [0.29, 0.717) is 15.9 Å². The second-order valence-corrected chi connectivity index (χ2v) is 8.48. The Morgan fingerprint density at radius 2 is 1.90 bits per heavy atom. The van der Waals surface area contributed by atoms with Crippen molar-refractivity contribution in [1.29, 1.82) is 0 Å². The molecule has 3 aromatic rings. The van der Waals surface area contributed by atoms with Crippen molar-refractivity contribution in [3.8, 4) is 17.1 Å². The van der Waals surface area contributed by atoms with E-state index in [1.54, 1.807) is 43.5 Å². The highest BCUT2D eigenvalue weighted by Gasteiger charge is 2.40. The van der Waals surface area contributed by atoms with Crippen molar-refractivity contribution >= 4 is 21.8 Å². The summed E-state index contributed by atoms with van der Waals surface area (Å²) in [5.74, 6) is 0.156. The molecular formula is C20H18N4O6S. The third kappa shape index (κ3) is 3.99. The fourth-order valence-corrected chi connectivity index (χ4v) is 4.67. The second-order valence-electron chi connectivity index (χ2n) is 6.65. The van der Waals surface area contributed by atoms with E-state index in [2.05, 4.69) is 15.5 Å². The second kappa shape index (κ2) is 8.19. The van der Waals surface area contributed by atoms with Crippen LogP contribution in [0.3, 0.4) is 0 Å². The van der Waals surface area contributed by atoms with Crippen LogP contribution < -0.4 is 10.1 Å². The summed E-state index contributed by atoms with van der Waals surface area (Å²) in [4.78, 5) is 28.7. The number of hydrogen-bond acceptors (Lipinski definition) is 8. The molecule has 2 amide bonds. The Kier molecular flexibility index (Phi) is 5.42. The third-order valence-electron chi connectivity index (χ3n) is 4.71. The Morgan fingerprint density at radius 1 is 1.16 bits per heavy atom. The highest BCUT2D eigenvalue weighted by atomic mass is 32.2. The van der Waals surface area contributed by atoms with Crippen LogP contribution >= 0.6 is 0 Å². The Labute approximate surface area is 177 Å². The number of rotatable bonds is 7. The van der Waals surface area contributed by atoms with Crippen LogP contribution in [0.1, 0.15) is 22.7 Å². The largest absolute Gasteiger partial charge is 0.497 e. The van der Waals surface area contributed by atoms with E-state index in [-0.39, 0.29) is 35.9 Å². The van der Waals surface area contributed by atoms with Crippen molar-refractivity contribution in [2.75, 3.05) is 13.7 Å². The molecule has 31 heavy (non-hydrogen) atoms. The summed E-state index contributed by atoms with van der Waals surface area (Å²) in [6.07, 6.45) is -0.196. The SMILES string of the molecule is COc1ccc(-c2noc(CNC(=O)CCN3C(=O)c4ccccc4S3(=O)=O)n2)cc1. The van der Waals surface area contributed by atoms with Gasteiger partial charge in [-0.25, -0.2) is 12.7 Å². The molecule has 1 aliphatic heterocycles. The number of methoxy groups -OCH3 is 1. The van der Waals surface area contributed by atoms with E-state index in [9.17, 15) is 18.0 Å². The fraction of sp³-hybridized carbons (Fsp3) is 0.200. The Balaban J connectivity index is 1.32. The molecule has 11 heteroatoms. The van der Waals surface area contributed by atoms with Gasteiger partial charge in [0.25, 0.3) is 15.9 Å². The van der Waals surface area contributed by atoms with E-state index >= 15 is 0 Å². The van der Waals surface area contributed by atoms with Gasteiger partial charge < -0.3 is 14.6 Å². The molecule has 1 N–H and O–H groups in total. The van der Waals surface area contributed by atoms with Gasteiger partial charge in [0.05, 0.1) is 19.2 Å². The van der Waals surface area contributed by atoms with Gasteiger partial charge in [-0.3, -0.25) is 9.59 Å². The molecule has 0 spiro atoms. The van der Waals surface area contributed by atoms with Crippen molar-refractivity contribution in [1.82, 2.24) is 19.8 Å². The predicted octanol–water partition coefficient (Wildman–Crippen LogP) is 1.60. The van der Waals surface area contributed by atoms with E-state index in [1.807, 2.05) is 0 Å². The molecule has 0 unspecified atom stereocenters. The van der Waals surface area contributed by atoms with Gasteiger partial charge in [0.15, 0.2) is 0 Å². The molecule has 10 nitrogen and oxygen atoms in total. The Hall–Kier alpha value is -3.73. The summed E-state index contributed by atoms with van der Waals surface area (Å²) < 4.78 is 35.9. The van der Waals surface area contributed by atoms with E-state index in [0.717, 1.165) is 5.56 Å². The number of benzene rings is 2. The minimum atomic E-state index is -3.94. The number of aromatic nitrogens is 2. The highest BCUT2D eigenvalue weighted by molar-refractivity contribution is 7.90. The number of ether oxygens (including phenoxy) is 1. The molecule has 2 heterocycles. The highest BCUT2D eigenvalue weighted by Crippen LogP contribution is 2.29. The number of sulfonamides is 1. The molecule has 160 valence electrons. The standard InChI is InChI=1S/C20H18N4O6S/c1-29-14-8-6-13(7-9-14)19-22-18(30-23-19)12-21-17(25)10-11-24-20(26)15-4-2-3-5-16(15)31(24,27)28/h2-9H,10-12H2,1H3,(H,21,25). The van der Waals surface area contributed by atoms with Gasteiger partial charge in [-0.05, 0) is 36.4 Å². The van der Waals surface area contributed by atoms with Gasteiger partial charge >= 0.3 is 0 Å². The average molecular weight is 442 g/mol. The van der Waals surface area contributed by atoms with Gasteiger partial charge in [0.1, 0.15) is 10.6 Å². The van der Waals surface area contributed by atoms with E-state index < -0.39 is 21.8 Å². The van der Waals surface area contributed by atoms with Gasteiger partial charge in [0, 0.05) is 18.5 Å². The van der Waals surface area contributed by atoms with Gasteiger partial charge in [-0.2, -0.15) is 4.98 Å². The van der Waals surface area contributed by atoms with E-state index in [4.69, 9.17) is 9.26 Å². The van der Waals surface area contributed by atoms with Crippen LogP contribution in [0.15, 0.2) is 57.9 Å². The zero-order valence-electron chi connectivity index (χ0n) is 16.4. The fourth-order valence-electron chi connectivity index (χ4n) is 3.10. The number of nitrogens with zero attached hydrogens (tertiary/aromatic N) is 3. The maximum absolute atomic E-state index is 12.5. The third-order valence-corrected chi connectivity index (χ3v) is 6.55. The summed E-state index contributed by atoms with van der Waals surface area (Å²) in [5, 5.41) is 6.45. The summed E-state index contributed by atoms with van der Waals surface area (Å²) in [7, 11) is -2.37. The first-order valence-electron chi connectivity index (χ1n) is 9.30. The molecule has 0 saturated carbocycles. The van der Waals surface area contributed by atoms with Crippen molar-refractivity contribution in [3.63, 3.8) is 0 Å². The summed E-state index contributed by atoms with van der Waals surface area (Å²) >= 11 is 0. The summed E-state index contributed by atoms with van der Waals surface area (Å²) in [6.45, 7) is -0.286. The van der Waals surface area contributed by atoms with Crippen molar-refractivity contribution < 1.29 is 27.3 Å². The van der Waals surface area contributed by atoms with Crippen LogP contribution in [-0.4, -0.2) is 48.3 Å². The molecule has 0 aliphatic carbocycles. The maximum Gasteiger partial charge on any atom is 0.269 e. The zero-order valence-corrected chi connectivity index (χ0v) is 17.3. The number of hydrogen-bond donors (Lipinski definition) is 1. The molecule has 2 aromatic carbocycles. The Bertz CT molecular complexity index is 1240. The number of amides is 2. The topological polar surface area (TPSA) is 132 Å². The number of fused-ring (bicyclic) bond motifs is 1. The minimum Gasteiger partial charge on any atom is -0.497 e. The predicted molar refractivity (Wildman–Crippen MR) is 107 cm³/mol. The quantitative estimate of drug-likeness (QED) is 0.584. The molecule has 0 radical (unpaired) electrons. The van der Waals surface area contributed by atoms with Gasteiger partial charge in [-0.1, -0.05) is 17.3 Å². The number of carbonyl (C=O) groups excluding carboxylic acids is 2. The molecule has 0 saturated heterocycles. The Morgan fingerprint density at radius 3 is 2.61 bits per heavy atom. The smallest absolute Gasteiger partial charge is 0.269 e. The van der Waals surface area contributed by atoms with Crippen LogP contribution in [-0.2, 0) is 21.4 Å². The molecule has 1 aliphatic rings.